The highest BCUT2D eigenvalue weighted by molar-refractivity contribution is 14.1. The molecule has 0 aliphatic carbocycles. The van der Waals surface area contributed by atoms with Crippen molar-refractivity contribution in [3.63, 3.8) is 0 Å². The summed E-state index contributed by atoms with van der Waals surface area (Å²) in [5.41, 5.74) is 2.88. The molecule has 3 aromatic rings. The van der Waals surface area contributed by atoms with Gasteiger partial charge in [0.1, 0.15) is 5.82 Å². The molecule has 1 aromatic heterocycles. The van der Waals surface area contributed by atoms with Crippen LogP contribution in [-0.2, 0) is 20.8 Å². The van der Waals surface area contributed by atoms with E-state index in [1.54, 1.807) is 0 Å². The molecule has 0 fully saturated rings. The van der Waals surface area contributed by atoms with Crippen molar-refractivity contribution in [2.24, 2.45) is 5.92 Å². The lowest BCUT2D eigenvalue weighted by Crippen LogP contribution is -2.39. The third-order valence-electron chi connectivity index (χ3n) is 5.74. The molecule has 8 heteroatoms. The van der Waals surface area contributed by atoms with Crippen molar-refractivity contribution < 1.29 is 19.4 Å². The Morgan fingerprint density at radius 2 is 2.03 bits per heavy atom. The average Bonchev–Trinajstić information content (AvgIpc) is 3.25. The van der Waals surface area contributed by atoms with Crippen LogP contribution in [0.1, 0.15) is 37.1 Å². The number of para-hydroxylation sites is 2. The summed E-state index contributed by atoms with van der Waals surface area (Å²) in [6.07, 6.45) is 2.68. The fourth-order valence-corrected chi connectivity index (χ4v) is 4.53. The third kappa shape index (κ3) is 5.74. The number of nitrogens with zero attached hydrogens (tertiary/aromatic N) is 1. The fourth-order valence-electron chi connectivity index (χ4n) is 4.17. The van der Waals surface area contributed by atoms with E-state index in [0.29, 0.717) is 18.9 Å². The molecule has 0 spiro atoms. The number of nitrogens with one attached hydrogen (secondary N) is 2. The third-order valence-corrected chi connectivity index (χ3v) is 6.46. The van der Waals surface area contributed by atoms with Crippen LogP contribution in [-0.4, -0.2) is 40.5 Å². The molecule has 0 saturated heterocycles. The molecular weight excluding hydrogens is 533 g/mol. The molecule has 33 heavy (non-hydrogen) atoms. The van der Waals surface area contributed by atoms with E-state index in [1.165, 1.54) is 0 Å². The van der Waals surface area contributed by atoms with Gasteiger partial charge in [0, 0.05) is 28.6 Å². The molecule has 0 saturated carbocycles. The number of aliphatic hydroxyl groups is 1. The number of aliphatic hydroxyl groups excluding tert-OH is 1. The number of halogens is 1. The Labute approximate surface area is 206 Å². The quantitative estimate of drug-likeness (QED) is 0.340. The predicted molar refractivity (Wildman–Crippen MR) is 134 cm³/mol. The average molecular weight is 561 g/mol. The van der Waals surface area contributed by atoms with Crippen molar-refractivity contribution in [3.05, 3.63) is 75.3 Å². The minimum absolute atomic E-state index is 0.0101. The lowest BCUT2D eigenvalue weighted by atomic mass is 9.80. The first kappa shape index (κ1) is 23.7. The first-order valence-corrected chi connectivity index (χ1v) is 12.2. The number of carbonyl (C=O) groups excluding carboxylic acids is 1. The monoisotopic (exact) mass is 561 g/mol. The van der Waals surface area contributed by atoms with Gasteiger partial charge in [0.2, 0.25) is 6.29 Å². The highest BCUT2D eigenvalue weighted by Crippen LogP contribution is 2.39. The van der Waals surface area contributed by atoms with E-state index in [-0.39, 0.29) is 36.7 Å². The molecule has 0 unspecified atom stereocenters. The molecule has 3 atom stereocenters. The highest BCUT2D eigenvalue weighted by atomic mass is 127. The molecule has 4 rings (SSSR count). The molecular formula is C25H28IN3O4. The van der Waals surface area contributed by atoms with Crippen molar-refractivity contribution in [3.8, 4) is 0 Å². The first-order valence-electron chi connectivity index (χ1n) is 11.2. The SMILES string of the molecule is CCO[C@H]1OC(C(=O)NCc2nc3ccccc3[nH]2)=C[C@@H](c2ccc(I)cc2)[C@H]1CCCO. The standard InChI is InChI=1S/C25H28IN3O4/c1-2-32-25-18(6-5-13-30)19(16-9-11-17(26)12-10-16)14-22(33-25)24(31)27-15-23-28-20-7-3-4-8-21(20)29-23/h3-4,7-12,14,18-19,25,30H,2,5-6,13,15H2,1H3,(H,27,31)(H,28,29)/t18-,19+,25+/m1/s1. The normalized spacial score (nSPS) is 20.3. The van der Waals surface area contributed by atoms with E-state index < -0.39 is 6.29 Å². The second-order valence-electron chi connectivity index (χ2n) is 7.96. The largest absolute Gasteiger partial charge is 0.459 e. The maximum Gasteiger partial charge on any atom is 0.286 e. The maximum atomic E-state index is 13.0. The van der Waals surface area contributed by atoms with Crippen LogP contribution in [0.3, 0.4) is 0 Å². The summed E-state index contributed by atoms with van der Waals surface area (Å²) in [6.45, 7) is 2.73. The molecule has 2 heterocycles. The first-order chi connectivity index (χ1) is 16.1. The van der Waals surface area contributed by atoms with Gasteiger partial charge >= 0.3 is 0 Å². The minimum Gasteiger partial charge on any atom is -0.459 e. The Kier molecular flexibility index (Phi) is 8.00. The lowest BCUT2D eigenvalue weighted by Gasteiger charge is -2.37. The van der Waals surface area contributed by atoms with Crippen molar-refractivity contribution in [2.75, 3.05) is 13.2 Å². The second kappa shape index (κ2) is 11.1. The number of rotatable bonds is 9. The number of aromatic amines is 1. The molecule has 174 valence electrons. The van der Waals surface area contributed by atoms with E-state index in [0.717, 1.165) is 26.6 Å². The predicted octanol–water partition coefficient (Wildman–Crippen LogP) is 4.23. The summed E-state index contributed by atoms with van der Waals surface area (Å²) < 4.78 is 13.1. The van der Waals surface area contributed by atoms with Crippen LogP contribution in [0.2, 0.25) is 0 Å². The number of aromatic nitrogens is 2. The molecule has 1 amide bonds. The van der Waals surface area contributed by atoms with E-state index in [9.17, 15) is 9.90 Å². The molecule has 7 nitrogen and oxygen atoms in total. The van der Waals surface area contributed by atoms with Gasteiger partial charge in [-0.3, -0.25) is 4.79 Å². The van der Waals surface area contributed by atoms with Crippen LogP contribution in [0, 0.1) is 9.49 Å². The molecule has 0 radical (unpaired) electrons. The Balaban J connectivity index is 1.56. The van der Waals surface area contributed by atoms with E-state index in [4.69, 9.17) is 9.47 Å². The summed E-state index contributed by atoms with van der Waals surface area (Å²) in [6, 6.07) is 16.0. The number of hydrogen-bond acceptors (Lipinski definition) is 5. The lowest BCUT2D eigenvalue weighted by molar-refractivity contribution is -0.166. The zero-order valence-electron chi connectivity index (χ0n) is 18.5. The number of imidazole rings is 1. The number of hydrogen-bond donors (Lipinski definition) is 3. The minimum atomic E-state index is -0.567. The number of H-pyrrole nitrogens is 1. The van der Waals surface area contributed by atoms with Gasteiger partial charge in [0.15, 0.2) is 5.76 Å². The number of allylic oxidation sites excluding steroid dienone is 1. The smallest absolute Gasteiger partial charge is 0.286 e. The van der Waals surface area contributed by atoms with Crippen LogP contribution in [0.15, 0.2) is 60.4 Å². The number of carbonyl (C=O) groups is 1. The van der Waals surface area contributed by atoms with Gasteiger partial charge in [-0.1, -0.05) is 24.3 Å². The van der Waals surface area contributed by atoms with Crippen LogP contribution < -0.4 is 5.32 Å². The second-order valence-corrected chi connectivity index (χ2v) is 9.21. The van der Waals surface area contributed by atoms with Gasteiger partial charge in [-0.2, -0.15) is 0 Å². The van der Waals surface area contributed by atoms with Crippen molar-refractivity contribution in [2.45, 2.75) is 38.5 Å². The Morgan fingerprint density at radius 3 is 2.76 bits per heavy atom. The fraction of sp³-hybridized carbons (Fsp3) is 0.360. The number of ether oxygens (including phenoxy) is 2. The van der Waals surface area contributed by atoms with Gasteiger partial charge in [0.05, 0.1) is 17.6 Å². The number of fused-ring (bicyclic) bond motifs is 1. The summed E-state index contributed by atoms with van der Waals surface area (Å²) in [5, 5.41) is 12.3. The molecule has 1 aliphatic heterocycles. The summed E-state index contributed by atoms with van der Waals surface area (Å²) in [5.74, 6) is 0.539. The Morgan fingerprint density at radius 1 is 1.24 bits per heavy atom. The van der Waals surface area contributed by atoms with E-state index >= 15 is 0 Å². The van der Waals surface area contributed by atoms with Gasteiger partial charge in [-0.15, -0.1) is 0 Å². The van der Waals surface area contributed by atoms with Crippen LogP contribution >= 0.6 is 22.6 Å². The molecule has 3 N–H and O–H groups in total. The van der Waals surface area contributed by atoms with Gasteiger partial charge < -0.3 is 24.9 Å². The van der Waals surface area contributed by atoms with Crippen molar-refractivity contribution in [1.29, 1.82) is 0 Å². The summed E-state index contributed by atoms with van der Waals surface area (Å²) in [4.78, 5) is 20.8. The number of benzene rings is 2. The van der Waals surface area contributed by atoms with Crippen molar-refractivity contribution >= 4 is 39.5 Å². The summed E-state index contributed by atoms with van der Waals surface area (Å²) in [7, 11) is 0. The molecule has 1 aliphatic rings. The van der Waals surface area contributed by atoms with Crippen LogP contribution in [0.5, 0.6) is 0 Å². The molecule has 2 aromatic carbocycles. The Hall–Kier alpha value is -2.43. The van der Waals surface area contributed by atoms with E-state index in [2.05, 4.69) is 62.1 Å². The van der Waals surface area contributed by atoms with E-state index in [1.807, 2.05) is 37.3 Å². The zero-order chi connectivity index (χ0) is 23.2. The van der Waals surface area contributed by atoms with Gasteiger partial charge in [-0.05, 0) is 78.3 Å². The number of amides is 1. The zero-order valence-corrected chi connectivity index (χ0v) is 20.6. The van der Waals surface area contributed by atoms with Crippen molar-refractivity contribution in [1.82, 2.24) is 15.3 Å². The van der Waals surface area contributed by atoms with Crippen LogP contribution in [0.25, 0.3) is 11.0 Å². The van der Waals surface area contributed by atoms with Gasteiger partial charge in [0.25, 0.3) is 5.91 Å². The van der Waals surface area contributed by atoms with Crippen LogP contribution in [0.4, 0.5) is 0 Å². The topological polar surface area (TPSA) is 96.5 Å². The highest BCUT2D eigenvalue weighted by Gasteiger charge is 2.37. The van der Waals surface area contributed by atoms with Gasteiger partial charge in [-0.25, -0.2) is 4.98 Å². The summed E-state index contributed by atoms with van der Waals surface area (Å²) >= 11 is 2.28. The molecule has 0 bridgehead atoms. The maximum absolute atomic E-state index is 13.0. The Bertz CT molecular complexity index is 1080.